The summed E-state index contributed by atoms with van der Waals surface area (Å²) in [5.41, 5.74) is 0. The number of nitrogens with zero attached hydrogens (tertiary/aromatic N) is 2. The van der Waals surface area contributed by atoms with E-state index in [2.05, 4.69) is 15.0 Å². The number of likely N-dealkylation sites (tertiary alicyclic amines) is 1. The van der Waals surface area contributed by atoms with Crippen molar-refractivity contribution in [3.8, 4) is 0 Å². The van der Waals surface area contributed by atoms with Crippen molar-refractivity contribution in [1.82, 2.24) is 15.1 Å². The predicted octanol–water partition coefficient (Wildman–Crippen LogP) is 0.708. The molecule has 5 nitrogen and oxygen atoms in total. The minimum absolute atomic E-state index is 0.0544. The van der Waals surface area contributed by atoms with Crippen LogP contribution in [0.3, 0.4) is 0 Å². The zero-order valence-corrected chi connectivity index (χ0v) is 12.6. The highest BCUT2D eigenvalue weighted by Crippen LogP contribution is 2.14. The van der Waals surface area contributed by atoms with Gasteiger partial charge in [0.05, 0.1) is 13.2 Å². The average Bonchev–Trinajstić information content (AvgIpc) is 2.38. The monoisotopic (exact) mass is 311 g/mol. The van der Waals surface area contributed by atoms with Crippen LogP contribution in [0.4, 0.5) is 13.2 Å². The Hall–Kier alpha value is -0.860. The van der Waals surface area contributed by atoms with E-state index >= 15 is 0 Å². The highest BCUT2D eigenvalue weighted by Gasteiger charge is 2.27. The number of hydrogen-bond donors (Lipinski definition) is 1. The van der Waals surface area contributed by atoms with Crippen LogP contribution in [0.2, 0.25) is 0 Å². The van der Waals surface area contributed by atoms with E-state index in [9.17, 15) is 18.0 Å². The molecule has 124 valence electrons. The zero-order chi connectivity index (χ0) is 15.9. The van der Waals surface area contributed by atoms with Crippen molar-refractivity contribution in [2.45, 2.75) is 25.1 Å². The molecule has 0 bridgehead atoms. The van der Waals surface area contributed by atoms with E-state index in [1.165, 1.54) is 0 Å². The fourth-order valence-corrected chi connectivity index (χ4v) is 2.15. The number of amides is 1. The lowest BCUT2D eigenvalue weighted by Gasteiger charge is -2.32. The Bertz CT molecular complexity index is 316. The third-order valence-electron chi connectivity index (χ3n) is 3.39. The van der Waals surface area contributed by atoms with Gasteiger partial charge in [0.15, 0.2) is 0 Å². The smallest absolute Gasteiger partial charge is 0.371 e. The molecule has 0 spiro atoms. The van der Waals surface area contributed by atoms with Crippen LogP contribution in [0.1, 0.15) is 12.8 Å². The van der Waals surface area contributed by atoms with Crippen LogP contribution in [0.25, 0.3) is 0 Å². The van der Waals surface area contributed by atoms with Gasteiger partial charge in [0.2, 0.25) is 5.91 Å². The van der Waals surface area contributed by atoms with E-state index < -0.39 is 12.8 Å². The second-order valence-electron chi connectivity index (χ2n) is 5.46. The van der Waals surface area contributed by atoms with Gasteiger partial charge < -0.3 is 15.0 Å². The normalized spacial score (nSPS) is 18.0. The molecule has 0 aromatic rings. The van der Waals surface area contributed by atoms with E-state index in [1.807, 2.05) is 0 Å². The van der Waals surface area contributed by atoms with Crippen LogP contribution >= 0.6 is 0 Å². The maximum atomic E-state index is 11.9. The highest BCUT2D eigenvalue weighted by atomic mass is 19.4. The van der Waals surface area contributed by atoms with E-state index in [0.717, 1.165) is 25.9 Å². The lowest BCUT2D eigenvalue weighted by atomic mass is 10.1. The van der Waals surface area contributed by atoms with E-state index in [4.69, 9.17) is 0 Å². The van der Waals surface area contributed by atoms with Crippen molar-refractivity contribution in [2.24, 2.45) is 0 Å². The van der Waals surface area contributed by atoms with Gasteiger partial charge in [0, 0.05) is 39.8 Å². The molecule has 0 aromatic carbocycles. The maximum Gasteiger partial charge on any atom is 0.411 e. The molecule has 1 aliphatic rings. The molecule has 8 heteroatoms. The molecule has 1 fully saturated rings. The SMILES string of the molecule is CN(C)C(=O)CN1CCC(NCCOCC(F)(F)F)CC1. The molecule has 1 saturated heterocycles. The lowest BCUT2D eigenvalue weighted by Crippen LogP contribution is -2.46. The lowest BCUT2D eigenvalue weighted by molar-refractivity contribution is -0.173. The fraction of sp³-hybridized carbons (Fsp3) is 0.923. The molecule has 1 amide bonds. The number of carbonyl (C=O) groups excluding carboxylic acids is 1. The van der Waals surface area contributed by atoms with Crippen molar-refractivity contribution in [1.29, 1.82) is 0 Å². The first-order valence-electron chi connectivity index (χ1n) is 7.08. The van der Waals surface area contributed by atoms with Gasteiger partial charge in [0.1, 0.15) is 6.61 Å². The van der Waals surface area contributed by atoms with E-state index in [0.29, 0.717) is 13.1 Å². The van der Waals surface area contributed by atoms with Crippen LogP contribution in [0.5, 0.6) is 0 Å². The molecule has 0 radical (unpaired) electrons. The summed E-state index contributed by atoms with van der Waals surface area (Å²) in [6, 6.07) is 0.283. The molecule has 21 heavy (non-hydrogen) atoms. The van der Waals surface area contributed by atoms with Crippen molar-refractivity contribution in [3.05, 3.63) is 0 Å². The second kappa shape index (κ2) is 8.55. The number of rotatable bonds is 7. The summed E-state index contributed by atoms with van der Waals surface area (Å²) >= 11 is 0. The molecule has 0 unspecified atom stereocenters. The van der Waals surface area contributed by atoms with Gasteiger partial charge in [-0.3, -0.25) is 9.69 Å². The Balaban J connectivity index is 2.07. The Labute approximate surface area is 123 Å². The minimum atomic E-state index is -4.26. The molecule has 1 rings (SSSR count). The standard InChI is InChI=1S/C13H24F3N3O2/c1-18(2)12(20)9-19-6-3-11(4-7-19)17-5-8-21-10-13(14,15)16/h11,17H,3-10H2,1-2H3. The fourth-order valence-electron chi connectivity index (χ4n) is 2.15. The first-order valence-corrected chi connectivity index (χ1v) is 7.08. The third kappa shape index (κ3) is 8.23. The van der Waals surface area contributed by atoms with Crippen molar-refractivity contribution < 1.29 is 22.7 Å². The first kappa shape index (κ1) is 18.2. The number of carbonyl (C=O) groups is 1. The number of ether oxygens (including phenoxy) is 1. The van der Waals surface area contributed by atoms with Crippen molar-refractivity contribution >= 4 is 5.91 Å². The highest BCUT2D eigenvalue weighted by molar-refractivity contribution is 5.77. The summed E-state index contributed by atoms with van der Waals surface area (Å²) in [4.78, 5) is 15.2. The Kier molecular flexibility index (Phi) is 7.41. The number of halogens is 3. The number of alkyl halides is 3. The van der Waals surface area contributed by atoms with E-state index in [-0.39, 0.29) is 18.6 Å². The first-order chi connectivity index (χ1) is 9.78. The topological polar surface area (TPSA) is 44.8 Å². The number of hydrogen-bond acceptors (Lipinski definition) is 4. The molecule has 0 atom stereocenters. The quantitative estimate of drug-likeness (QED) is 0.703. The predicted molar refractivity (Wildman–Crippen MR) is 73.0 cm³/mol. The summed E-state index contributed by atoms with van der Waals surface area (Å²) in [7, 11) is 3.47. The van der Waals surface area contributed by atoms with Gasteiger partial charge in [-0.25, -0.2) is 0 Å². The van der Waals surface area contributed by atoms with Gasteiger partial charge in [-0.15, -0.1) is 0 Å². The summed E-state index contributed by atoms with van der Waals surface area (Å²) in [5, 5.41) is 3.19. The van der Waals surface area contributed by atoms with Crippen LogP contribution < -0.4 is 5.32 Å². The van der Waals surface area contributed by atoms with Gasteiger partial charge in [0.25, 0.3) is 0 Å². The number of nitrogens with one attached hydrogen (secondary N) is 1. The number of piperidine rings is 1. The van der Waals surface area contributed by atoms with Gasteiger partial charge in [-0.1, -0.05) is 0 Å². The molecule has 0 saturated carbocycles. The van der Waals surface area contributed by atoms with Crippen LogP contribution in [-0.2, 0) is 9.53 Å². The number of likely N-dealkylation sites (N-methyl/N-ethyl adjacent to an activating group) is 1. The summed E-state index contributed by atoms with van der Waals surface area (Å²) in [5.74, 6) is 0.0851. The Morgan fingerprint density at radius 2 is 1.95 bits per heavy atom. The van der Waals surface area contributed by atoms with Crippen LogP contribution in [0.15, 0.2) is 0 Å². The van der Waals surface area contributed by atoms with Gasteiger partial charge in [-0.05, 0) is 12.8 Å². The molecule has 1 heterocycles. The van der Waals surface area contributed by atoms with Crippen LogP contribution in [0, 0.1) is 0 Å². The molecular formula is C13H24F3N3O2. The summed E-state index contributed by atoms with van der Waals surface area (Å²) in [6.07, 6.45) is -2.48. The minimum Gasteiger partial charge on any atom is -0.371 e. The van der Waals surface area contributed by atoms with Crippen LogP contribution in [-0.4, -0.2) is 81.4 Å². The second-order valence-corrected chi connectivity index (χ2v) is 5.46. The largest absolute Gasteiger partial charge is 0.411 e. The molecule has 0 aromatic heterocycles. The third-order valence-corrected chi connectivity index (χ3v) is 3.39. The van der Waals surface area contributed by atoms with Crippen molar-refractivity contribution in [3.63, 3.8) is 0 Å². The summed E-state index contributed by atoms with van der Waals surface area (Å²) in [6.45, 7) is 1.34. The van der Waals surface area contributed by atoms with Gasteiger partial charge in [-0.2, -0.15) is 13.2 Å². The van der Waals surface area contributed by atoms with E-state index in [1.54, 1.807) is 19.0 Å². The Morgan fingerprint density at radius 1 is 1.33 bits per heavy atom. The molecule has 1 N–H and O–H groups in total. The maximum absolute atomic E-state index is 11.9. The Morgan fingerprint density at radius 3 is 2.48 bits per heavy atom. The molecule has 0 aliphatic carbocycles. The zero-order valence-electron chi connectivity index (χ0n) is 12.6. The van der Waals surface area contributed by atoms with Gasteiger partial charge >= 0.3 is 6.18 Å². The average molecular weight is 311 g/mol. The molecular weight excluding hydrogens is 287 g/mol. The van der Waals surface area contributed by atoms with Crippen molar-refractivity contribution in [2.75, 3.05) is 53.5 Å². The summed E-state index contributed by atoms with van der Waals surface area (Å²) < 4.78 is 40.1. The molecule has 1 aliphatic heterocycles.